The van der Waals surface area contributed by atoms with Crippen LogP contribution in [0.25, 0.3) is 0 Å². The number of halogens is 21. The Hall–Kier alpha value is -1.59. The van der Waals surface area contributed by atoms with Gasteiger partial charge in [0.1, 0.15) is 6.10 Å². The van der Waals surface area contributed by atoms with Gasteiger partial charge in [-0.25, -0.2) is 4.39 Å². The van der Waals surface area contributed by atoms with Gasteiger partial charge < -0.3 is 10.2 Å². The summed E-state index contributed by atoms with van der Waals surface area (Å²) in [5.74, 6) is -58.5. The normalized spacial score (nSPS) is 18.8. The van der Waals surface area contributed by atoms with Crippen LogP contribution < -0.4 is 0 Å². The first kappa shape index (κ1) is 34.4. The molecule has 0 radical (unpaired) electrons. The van der Waals surface area contributed by atoms with Crippen molar-refractivity contribution in [2.75, 3.05) is 6.61 Å². The highest BCUT2D eigenvalue weighted by atomic mass is 19.4. The molecular weight excluding hydrogens is 591 g/mol. The highest BCUT2D eigenvalue weighted by molar-refractivity contribution is 5.11. The van der Waals surface area contributed by atoms with E-state index in [1.807, 2.05) is 0 Å². The van der Waals surface area contributed by atoms with Crippen LogP contribution in [0.3, 0.4) is 0 Å². The fourth-order valence-electron chi connectivity index (χ4n) is 1.86. The van der Waals surface area contributed by atoms with Gasteiger partial charge in [-0.05, 0) is 0 Å². The van der Waals surface area contributed by atoms with E-state index < -0.39 is 72.6 Å². The zero-order valence-electron chi connectivity index (χ0n) is 15.5. The Kier molecular flexibility index (Phi) is 8.34. The van der Waals surface area contributed by atoms with E-state index in [1.165, 1.54) is 4.74 Å². The number of alkyl halides is 21. The van der Waals surface area contributed by atoms with E-state index in [1.54, 1.807) is 0 Å². The zero-order chi connectivity index (χ0) is 30.0. The first-order valence-corrected chi connectivity index (χ1v) is 7.65. The molecule has 0 heterocycles. The first-order valence-electron chi connectivity index (χ1n) is 7.65. The van der Waals surface area contributed by atoms with Crippen molar-refractivity contribution in [3.05, 3.63) is 0 Å². The van der Waals surface area contributed by atoms with Crippen LogP contribution in [0.4, 0.5) is 92.2 Å². The number of aliphatic hydroxyl groups is 2. The van der Waals surface area contributed by atoms with Crippen molar-refractivity contribution in [3.63, 3.8) is 0 Å². The smallest absolute Gasteiger partial charge is 0.393 e. The molecule has 2 atom stereocenters. The van der Waals surface area contributed by atoms with E-state index in [-0.39, 0.29) is 0 Å². The fourth-order valence-corrected chi connectivity index (χ4v) is 1.86. The molecule has 218 valence electrons. The topological polar surface area (TPSA) is 49.7 Å². The van der Waals surface area contributed by atoms with Crippen molar-refractivity contribution in [1.29, 1.82) is 0 Å². The summed E-state index contributed by atoms with van der Waals surface area (Å²) in [4.78, 5) is 0. The first-order chi connectivity index (χ1) is 15.2. The molecule has 0 bridgehead atoms. The molecule has 3 nitrogen and oxygen atoms in total. The summed E-state index contributed by atoms with van der Waals surface area (Å²) < 4.78 is 273. The van der Waals surface area contributed by atoms with Crippen molar-refractivity contribution >= 4 is 0 Å². The summed E-state index contributed by atoms with van der Waals surface area (Å²) in [6.07, 6.45) is -29.3. The van der Waals surface area contributed by atoms with Gasteiger partial charge in [-0.1, -0.05) is 0 Å². The molecule has 2 unspecified atom stereocenters. The average Bonchev–Trinajstić information content (AvgIpc) is 2.63. The minimum absolute atomic E-state index is 1.42. The van der Waals surface area contributed by atoms with Gasteiger partial charge in [0.2, 0.25) is 0 Å². The van der Waals surface area contributed by atoms with Crippen molar-refractivity contribution in [3.8, 4) is 0 Å². The third-order valence-electron chi connectivity index (χ3n) is 3.96. The summed E-state index contributed by atoms with van der Waals surface area (Å²) in [7, 11) is 0. The lowest BCUT2D eigenvalue weighted by Crippen LogP contribution is -2.74. The van der Waals surface area contributed by atoms with Crippen LogP contribution in [0.5, 0.6) is 0 Å². The van der Waals surface area contributed by atoms with Crippen molar-refractivity contribution in [2.45, 2.75) is 66.0 Å². The molecule has 24 heteroatoms. The van der Waals surface area contributed by atoms with Crippen LogP contribution in [0.2, 0.25) is 0 Å². The van der Waals surface area contributed by atoms with Gasteiger partial charge in [-0.2, -0.15) is 87.8 Å². The molecule has 0 saturated heterocycles. The Balaban J connectivity index is 7.11. The number of ether oxygens (including phenoxy) is 1. The molecule has 0 aromatic rings. The van der Waals surface area contributed by atoms with E-state index in [0.29, 0.717) is 0 Å². The molecule has 0 spiro atoms. The predicted octanol–water partition coefficient (Wildman–Crippen LogP) is 5.55. The number of hydrogen-bond acceptors (Lipinski definition) is 3. The van der Waals surface area contributed by atoms with E-state index in [9.17, 15) is 92.2 Å². The van der Waals surface area contributed by atoms with Crippen LogP contribution in [-0.4, -0.2) is 82.8 Å². The SMILES string of the molecule is OCC(O)C(F)(OC(F)(F)C(F)(F)C(F)(F)C(F)(F)C(F)(F)F)C(F)(F)C(F)(F)C(F)(F)C(F)(F)F. The highest BCUT2D eigenvalue weighted by Crippen LogP contribution is 2.62. The van der Waals surface area contributed by atoms with Crippen molar-refractivity contribution < 1.29 is 107 Å². The van der Waals surface area contributed by atoms with Crippen LogP contribution in [-0.2, 0) is 4.74 Å². The van der Waals surface area contributed by atoms with Crippen LogP contribution in [0, 0.1) is 0 Å². The standard InChI is InChI=1S/C12H5F21O3/c13-3(2(35)1-34,4(14,15)5(16,17)7(20,21)10(26,27)28)36-12(32,33)9(24,25)6(18,19)8(22,23)11(29,30)31/h2,34-35H,1H2. The molecule has 36 heavy (non-hydrogen) atoms. The number of hydrogen-bond donors (Lipinski definition) is 2. The Morgan fingerprint density at radius 1 is 0.444 bits per heavy atom. The molecular formula is C12H5F21O3. The molecule has 0 aliphatic heterocycles. The summed E-state index contributed by atoms with van der Waals surface area (Å²) in [5.41, 5.74) is 0. The lowest BCUT2D eigenvalue weighted by molar-refractivity contribution is -0.513. The van der Waals surface area contributed by atoms with E-state index >= 15 is 0 Å². The minimum atomic E-state index is -8.65. The van der Waals surface area contributed by atoms with Crippen LogP contribution in [0.15, 0.2) is 0 Å². The quantitative estimate of drug-likeness (QED) is 0.326. The van der Waals surface area contributed by atoms with E-state index in [4.69, 9.17) is 10.2 Å². The van der Waals surface area contributed by atoms with Gasteiger partial charge in [-0.3, -0.25) is 4.74 Å². The van der Waals surface area contributed by atoms with Crippen LogP contribution >= 0.6 is 0 Å². The molecule has 0 aromatic heterocycles. The Labute approximate surface area is 181 Å². The maximum absolute atomic E-state index is 14.3. The molecule has 0 rings (SSSR count). The fraction of sp³-hybridized carbons (Fsp3) is 1.00. The van der Waals surface area contributed by atoms with Crippen molar-refractivity contribution in [1.82, 2.24) is 0 Å². The minimum Gasteiger partial charge on any atom is -0.393 e. The molecule has 0 amide bonds. The summed E-state index contributed by atoms with van der Waals surface area (Å²) in [5, 5.41) is 16.9. The van der Waals surface area contributed by atoms with Gasteiger partial charge in [0.25, 0.3) is 0 Å². The lowest BCUT2D eigenvalue weighted by atomic mass is 9.93. The molecule has 0 saturated carbocycles. The molecule has 0 aromatic carbocycles. The largest absolute Gasteiger partial charge is 0.460 e. The van der Waals surface area contributed by atoms with Gasteiger partial charge in [0.15, 0.2) is 0 Å². The van der Waals surface area contributed by atoms with Gasteiger partial charge >= 0.3 is 59.9 Å². The second-order valence-electron chi connectivity index (χ2n) is 6.40. The zero-order valence-corrected chi connectivity index (χ0v) is 15.5. The third-order valence-corrected chi connectivity index (χ3v) is 3.96. The van der Waals surface area contributed by atoms with Gasteiger partial charge in [0, 0.05) is 0 Å². The molecule has 0 aliphatic rings. The molecule has 0 aliphatic carbocycles. The Morgan fingerprint density at radius 3 is 0.972 bits per heavy atom. The predicted molar refractivity (Wildman–Crippen MR) is 64.8 cm³/mol. The van der Waals surface area contributed by atoms with E-state index in [2.05, 4.69) is 0 Å². The third kappa shape index (κ3) is 4.49. The van der Waals surface area contributed by atoms with Gasteiger partial charge in [0.05, 0.1) is 6.61 Å². The number of rotatable bonds is 10. The lowest BCUT2D eigenvalue weighted by Gasteiger charge is -2.44. The second-order valence-corrected chi connectivity index (χ2v) is 6.40. The number of aliphatic hydroxyl groups excluding tert-OH is 2. The Morgan fingerprint density at radius 2 is 0.722 bits per heavy atom. The Bertz CT molecular complexity index is 782. The van der Waals surface area contributed by atoms with Gasteiger partial charge in [-0.15, -0.1) is 0 Å². The summed E-state index contributed by atoms with van der Waals surface area (Å²) >= 11 is 0. The maximum atomic E-state index is 14.3. The van der Waals surface area contributed by atoms with Crippen molar-refractivity contribution in [2.24, 2.45) is 0 Å². The highest BCUT2D eigenvalue weighted by Gasteiger charge is 2.92. The second kappa shape index (κ2) is 8.73. The maximum Gasteiger partial charge on any atom is 0.460 e. The molecule has 0 fully saturated rings. The summed E-state index contributed by atoms with van der Waals surface area (Å²) in [6, 6.07) is 0. The monoisotopic (exact) mass is 596 g/mol. The van der Waals surface area contributed by atoms with Crippen LogP contribution in [0.1, 0.15) is 0 Å². The molecule has 2 N–H and O–H groups in total. The van der Waals surface area contributed by atoms with E-state index in [0.717, 1.165) is 0 Å². The summed E-state index contributed by atoms with van der Waals surface area (Å²) in [6.45, 7) is -3.16. The average molecular weight is 596 g/mol.